The Hall–Kier alpha value is -0.0800. The highest BCUT2D eigenvalue weighted by Crippen LogP contribution is 2.23. The molecule has 0 aromatic rings. The zero-order chi connectivity index (χ0) is 7.40. The van der Waals surface area contributed by atoms with Gasteiger partial charge in [-0.1, -0.05) is 6.92 Å². The molecule has 1 heterocycles. The van der Waals surface area contributed by atoms with Gasteiger partial charge in [-0.2, -0.15) is 0 Å². The van der Waals surface area contributed by atoms with E-state index in [-0.39, 0.29) is 0 Å². The molecule has 0 radical (unpaired) electrons. The molecule has 10 heavy (non-hydrogen) atoms. The van der Waals surface area contributed by atoms with Crippen LogP contribution in [0.2, 0.25) is 0 Å². The lowest BCUT2D eigenvalue weighted by Gasteiger charge is -2.12. The largest absolute Gasteiger partial charge is 0.396 e. The maximum atomic E-state index is 8.56. The Labute approximate surface area is 62.2 Å². The monoisotopic (exact) mass is 144 g/mol. The van der Waals surface area contributed by atoms with Gasteiger partial charge in [-0.3, -0.25) is 0 Å². The number of hydrogen-bond donors (Lipinski definition) is 1. The molecule has 0 aromatic heterocycles. The van der Waals surface area contributed by atoms with Gasteiger partial charge in [0.25, 0.3) is 0 Å². The molecule has 1 saturated heterocycles. The van der Waals surface area contributed by atoms with Gasteiger partial charge in [-0.15, -0.1) is 0 Å². The van der Waals surface area contributed by atoms with Crippen molar-refractivity contribution in [3.05, 3.63) is 0 Å². The van der Waals surface area contributed by atoms with Crippen molar-refractivity contribution in [3.8, 4) is 0 Å². The van der Waals surface area contributed by atoms with Gasteiger partial charge < -0.3 is 9.84 Å². The van der Waals surface area contributed by atoms with Crippen molar-refractivity contribution >= 4 is 0 Å². The fraction of sp³-hybridized carbons (Fsp3) is 1.00. The fourth-order valence-corrected chi connectivity index (χ4v) is 1.42. The van der Waals surface area contributed by atoms with Crippen LogP contribution in [-0.4, -0.2) is 24.4 Å². The van der Waals surface area contributed by atoms with E-state index < -0.39 is 0 Å². The van der Waals surface area contributed by atoms with E-state index in [4.69, 9.17) is 9.84 Å². The van der Waals surface area contributed by atoms with Crippen LogP contribution in [0.15, 0.2) is 0 Å². The van der Waals surface area contributed by atoms with Crippen molar-refractivity contribution < 1.29 is 9.84 Å². The first-order chi connectivity index (χ1) is 4.84. The van der Waals surface area contributed by atoms with Crippen LogP contribution in [0.5, 0.6) is 0 Å². The molecule has 0 amide bonds. The molecule has 2 heteroatoms. The predicted molar refractivity (Wildman–Crippen MR) is 39.8 cm³/mol. The van der Waals surface area contributed by atoms with Crippen LogP contribution in [0.3, 0.4) is 0 Å². The van der Waals surface area contributed by atoms with Crippen LogP contribution >= 0.6 is 0 Å². The number of ether oxygens (including phenoxy) is 1. The third-order valence-corrected chi connectivity index (χ3v) is 2.19. The molecule has 1 N–H and O–H groups in total. The summed E-state index contributed by atoms with van der Waals surface area (Å²) in [7, 11) is 0. The Morgan fingerprint density at radius 1 is 1.60 bits per heavy atom. The standard InChI is InChI=1S/C8H16O2/c1-7-4-6-10-8(7)3-2-5-9/h7-9H,2-6H2,1H3. The fourth-order valence-electron chi connectivity index (χ4n) is 1.42. The van der Waals surface area contributed by atoms with Crippen molar-refractivity contribution in [1.29, 1.82) is 0 Å². The quantitative estimate of drug-likeness (QED) is 0.644. The van der Waals surface area contributed by atoms with Crippen LogP contribution in [0.25, 0.3) is 0 Å². The third-order valence-electron chi connectivity index (χ3n) is 2.19. The summed E-state index contributed by atoms with van der Waals surface area (Å²) in [6, 6.07) is 0. The number of rotatable bonds is 3. The first-order valence-corrected chi connectivity index (χ1v) is 4.07. The highest BCUT2D eigenvalue weighted by molar-refractivity contribution is 4.71. The van der Waals surface area contributed by atoms with Crippen LogP contribution in [0, 0.1) is 5.92 Å². The minimum atomic E-state index is 0.298. The number of aliphatic hydroxyl groups is 1. The minimum absolute atomic E-state index is 0.298. The van der Waals surface area contributed by atoms with E-state index >= 15 is 0 Å². The average Bonchev–Trinajstić information content (AvgIpc) is 2.31. The van der Waals surface area contributed by atoms with Crippen molar-refractivity contribution in [2.75, 3.05) is 13.2 Å². The van der Waals surface area contributed by atoms with Gasteiger partial charge in [0.2, 0.25) is 0 Å². The second-order valence-electron chi connectivity index (χ2n) is 3.04. The van der Waals surface area contributed by atoms with E-state index in [0.29, 0.717) is 18.6 Å². The molecule has 1 aliphatic rings. The van der Waals surface area contributed by atoms with Crippen LogP contribution in [0.4, 0.5) is 0 Å². The first kappa shape index (κ1) is 8.02. The van der Waals surface area contributed by atoms with E-state index in [1.165, 1.54) is 6.42 Å². The molecule has 0 bridgehead atoms. The lowest BCUT2D eigenvalue weighted by Crippen LogP contribution is -2.13. The molecule has 0 saturated carbocycles. The summed E-state index contributed by atoms with van der Waals surface area (Å²) in [4.78, 5) is 0. The minimum Gasteiger partial charge on any atom is -0.396 e. The van der Waals surface area contributed by atoms with Gasteiger partial charge in [0.05, 0.1) is 6.10 Å². The normalized spacial score (nSPS) is 33.0. The highest BCUT2D eigenvalue weighted by atomic mass is 16.5. The third kappa shape index (κ3) is 1.96. The summed E-state index contributed by atoms with van der Waals surface area (Å²) in [5.74, 6) is 0.701. The Morgan fingerprint density at radius 3 is 2.90 bits per heavy atom. The Balaban J connectivity index is 2.14. The van der Waals surface area contributed by atoms with Crippen molar-refractivity contribution in [2.45, 2.75) is 32.3 Å². The van der Waals surface area contributed by atoms with Gasteiger partial charge in [0, 0.05) is 13.2 Å². The SMILES string of the molecule is CC1CCOC1CCCO. The summed E-state index contributed by atoms with van der Waals surface area (Å²) >= 11 is 0. The second-order valence-corrected chi connectivity index (χ2v) is 3.04. The predicted octanol–water partition coefficient (Wildman–Crippen LogP) is 1.18. The molecule has 2 atom stereocenters. The van der Waals surface area contributed by atoms with E-state index in [9.17, 15) is 0 Å². The summed E-state index contributed by atoms with van der Waals surface area (Å²) < 4.78 is 5.46. The molecule has 0 aromatic carbocycles. The maximum Gasteiger partial charge on any atom is 0.0602 e. The maximum absolute atomic E-state index is 8.56. The molecule has 1 aliphatic heterocycles. The topological polar surface area (TPSA) is 29.5 Å². The van der Waals surface area contributed by atoms with E-state index in [1.807, 2.05) is 0 Å². The Kier molecular flexibility index (Phi) is 3.16. The smallest absolute Gasteiger partial charge is 0.0602 e. The molecule has 0 aliphatic carbocycles. The summed E-state index contributed by atoms with van der Waals surface area (Å²) in [6.07, 6.45) is 3.52. The van der Waals surface area contributed by atoms with E-state index in [2.05, 4.69) is 6.92 Å². The van der Waals surface area contributed by atoms with E-state index in [0.717, 1.165) is 19.4 Å². The zero-order valence-corrected chi connectivity index (χ0v) is 6.55. The zero-order valence-electron chi connectivity index (χ0n) is 6.55. The van der Waals surface area contributed by atoms with Crippen LogP contribution in [0.1, 0.15) is 26.2 Å². The molecular weight excluding hydrogens is 128 g/mol. The van der Waals surface area contributed by atoms with Gasteiger partial charge >= 0.3 is 0 Å². The van der Waals surface area contributed by atoms with Gasteiger partial charge in [-0.25, -0.2) is 0 Å². The van der Waals surface area contributed by atoms with Crippen molar-refractivity contribution in [3.63, 3.8) is 0 Å². The molecule has 1 fully saturated rings. The first-order valence-electron chi connectivity index (χ1n) is 4.07. The van der Waals surface area contributed by atoms with Gasteiger partial charge in [-0.05, 0) is 25.2 Å². The van der Waals surface area contributed by atoms with Crippen molar-refractivity contribution in [2.24, 2.45) is 5.92 Å². The molecule has 1 rings (SSSR count). The summed E-state index contributed by atoms with van der Waals surface area (Å²) in [6.45, 7) is 3.43. The highest BCUT2D eigenvalue weighted by Gasteiger charge is 2.22. The van der Waals surface area contributed by atoms with Crippen LogP contribution < -0.4 is 0 Å². The molecule has 0 spiro atoms. The van der Waals surface area contributed by atoms with E-state index in [1.54, 1.807) is 0 Å². The average molecular weight is 144 g/mol. The van der Waals surface area contributed by atoms with Gasteiger partial charge in [0.15, 0.2) is 0 Å². The molecular formula is C8H16O2. The Morgan fingerprint density at radius 2 is 2.40 bits per heavy atom. The molecule has 2 nitrogen and oxygen atoms in total. The van der Waals surface area contributed by atoms with Crippen LogP contribution in [-0.2, 0) is 4.74 Å². The summed E-state index contributed by atoms with van der Waals surface area (Å²) in [5, 5.41) is 8.56. The second kappa shape index (κ2) is 3.94. The number of hydrogen-bond acceptors (Lipinski definition) is 2. The lowest BCUT2D eigenvalue weighted by molar-refractivity contribution is 0.0803. The summed E-state index contributed by atoms with van der Waals surface area (Å²) in [5.41, 5.74) is 0. The van der Waals surface area contributed by atoms with Gasteiger partial charge in [0.1, 0.15) is 0 Å². The Bertz CT molecular complexity index is 93.3. The lowest BCUT2D eigenvalue weighted by atomic mass is 10.0. The molecule has 60 valence electrons. The van der Waals surface area contributed by atoms with Crippen molar-refractivity contribution in [1.82, 2.24) is 0 Å². The molecule has 2 unspecified atom stereocenters. The number of aliphatic hydroxyl groups excluding tert-OH is 1.